The van der Waals surface area contributed by atoms with Gasteiger partial charge in [0.05, 0.1) is 19.8 Å². The fraction of sp³-hybridized carbons (Fsp3) is 0.429. The van der Waals surface area contributed by atoms with Gasteiger partial charge >= 0.3 is 5.97 Å². The molecule has 1 amide bonds. The SMILES string of the molecule is COC(=O)c1c(NC(=O)c2ccc(OC)c(S(=O)(=O)NC(C)C)c2)sc2c1CCCC2. The second-order valence-electron chi connectivity index (χ2n) is 7.50. The predicted molar refractivity (Wildman–Crippen MR) is 119 cm³/mol. The number of hydrogen-bond donors (Lipinski definition) is 2. The lowest BCUT2D eigenvalue weighted by atomic mass is 9.95. The highest BCUT2D eigenvalue weighted by Crippen LogP contribution is 2.39. The zero-order chi connectivity index (χ0) is 22.8. The Bertz CT molecular complexity index is 1110. The third-order valence-corrected chi connectivity index (χ3v) is 7.78. The van der Waals surface area contributed by atoms with Crippen LogP contribution in [-0.4, -0.2) is 40.6 Å². The van der Waals surface area contributed by atoms with Gasteiger partial charge in [-0.3, -0.25) is 4.79 Å². The molecule has 0 saturated heterocycles. The summed E-state index contributed by atoms with van der Waals surface area (Å²) >= 11 is 1.37. The number of ether oxygens (including phenoxy) is 2. The predicted octanol–water partition coefficient (Wildman–Crippen LogP) is 3.36. The normalized spacial score (nSPS) is 13.6. The summed E-state index contributed by atoms with van der Waals surface area (Å²) in [6.45, 7) is 3.40. The van der Waals surface area contributed by atoms with Crippen molar-refractivity contribution in [2.45, 2.75) is 50.5 Å². The number of benzene rings is 1. The van der Waals surface area contributed by atoms with Crippen LogP contribution < -0.4 is 14.8 Å². The zero-order valence-electron chi connectivity index (χ0n) is 17.9. The van der Waals surface area contributed by atoms with E-state index in [4.69, 9.17) is 9.47 Å². The highest BCUT2D eigenvalue weighted by molar-refractivity contribution is 7.89. The molecule has 1 aromatic carbocycles. The van der Waals surface area contributed by atoms with E-state index in [0.29, 0.717) is 10.6 Å². The van der Waals surface area contributed by atoms with Gasteiger partial charge in [-0.05, 0) is 63.3 Å². The molecule has 10 heteroatoms. The van der Waals surface area contributed by atoms with E-state index in [1.807, 2.05) is 0 Å². The molecule has 0 bridgehead atoms. The van der Waals surface area contributed by atoms with Crippen molar-refractivity contribution < 1.29 is 27.5 Å². The number of carbonyl (C=O) groups excluding carboxylic acids is 2. The first kappa shape index (κ1) is 23.2. The molecule has 168 valence electrons. The Labute approximate surface area is 186 Å². The van der Waals surface area contributed by atoms with E-state index in [9.17, 15) is 18.0 Å². The van der Waals surface area contributed by atoms with Crippen LogP contribution in [0.2, 0.25) is 0 Å². The first-order chi connectivity index (χ1) is 14.7. The van der Waals surface area contributed by atoms with E-state index in [1.54, 1.807) is 13.8 Å². The summed E-state index contributed by atoms with van der Waals surface area (Å²) in [6.07, 6.45) is 3.62. The highest BCUT2D eigenvalue weighted by atomic mass is 32.2. The standard InChI is InChI=1S/C21H26N2O6S2/c1-12(2)23-31(26,27)17-11-13(9-10-15(17)28-3)19(24)22-20-18(21(25)29-4)14-7-5-6-8-16(14)30-20/h9-12,23H,5-8H2,1-4H3,(H,22,24). The molecule has 2 aromatic rings. The number of methoxy groups -OCH3 is 2. The molecule has 3 rings (SSSR count). The molecule has 0 spiro atoms. The number of sulfonamides is 1. The summed E-state index contributed by atoms with van der Waals surface area (Å²) in [4.78, 5) is 26.3. The number of esters is 1. The first-order valence-electron chi connectivity index (χ1n) is 9.92. The monoisotopic (exact) mass is 466 g/mol. The van der Waals surface area contributed by atoms with Crippen LogP contribution in [0.15, 0.2) is 23.1 Å². The molecule has 0 fully saturated rings. The van der Waals surface area contributed by atoms with Crippen LogP contribution in [0.4, 0.5) is 5.00 Å². The molecule has 0 unspecified atom stereocenters. The second kappa shape index (κ2) is 9.37. The van der Waals surface area contributed by atoms with E-state index < -0.39 is 21.9 Å². The van der Waals surface area contributed by atoms with Gasteiger partial charge in [-0.15, -0.1) is 11.3 Å². The second-order valence-corrected chi connectivity index (χ2v) is 10.3. The van der Waals surface area contributed by atoms with Gasteiger partial charge in [0.1, 0.15) is 15.6 Å². The summed E-state index contributed by atoms with van der Waals surface area (Å²) in [6, 6.07) is 3.86. The van der Waals surface area contributed by atoms with E-state index in [2.05, 4.69) is 10.0 Å². The number of amides is 1. The van der Waals surface area contributed by atoms with Crippen molar-refractivity contribution in [1.82, 2.24) is 4.72 Å². The van der Waals surface area contributed by atoms with Crippen LogP contribution in [0.5, 0.6) is 5.75 Å². The maximum absolute atomic E-state index is 13.0. The molecule has 1 aliphatic rings. The van der Waals surface area contributed by atoms with Gasteiger partial charge in [0.25, 0.3) is 5.91 Å². The van der Waals surface area contributed by atoms with Crippen LogP contribution in [-0.2, 0) is 27.6 Å². The van der Waals surface area contributed by atoms with Gasteiger partial charge < -0.3 is 14.8 Å². The molecule has 8 nitrogen and oxygen atoms in total. The Hall–Kier alpha value is -2.43. The van der Waals surface area contributed by atoms with Crippen LogP contribution >= 0.6 is 11.3 Å². The number of fused-ring (bicyclic) bond motifs is 1. The maximum atomic E-state index is 13.0. The van der Waals surface area contributed by atoms with Crippen LogP contribution in [0.25, 0.3) is 0 Å². The van der Waals surface area contributed by atoms with Crippen molar-refractivity contribution in [2.75, 3.05) is 19.5 Å². The van der Waals surface area contributed by atoms with Crippen molar-refractivity contribution in [3.8, 4) is 5.75 Å². The van der Waals surface area contributed by atoms with Gasteiger partial charge in [0.15, 0.2) is 0 Å². The fourth-order valence-electron chi connectivity index (χ4n) is 3.55. The van der Waals surface area contributed by atoms with E-state index in [1.165, 1.54) is 43.8 Å². The Balaban J connectivity index is 1.97. The van der Waals surface area contributed by atoms with Gasteiger partial charge in [-0.2, -0.15) is 0 Å². The van der Waals surface area contributed by atoms with Crippen LogP contribution in [0.3, 0.4) is 0 Å². The summed E-state index contributed by atoms with van der Waals surface area (Å²) in [5.74, 6) is -0.882. The summed E-state index contributed by atoms with van der Waals surface area (Å²) in [7, 11) is -1.21. The summed E-state index contributed by atoms with van der Waals surface area (Å²) < 4.78 is 38.0. The minimum atomic E-state index is -3.89. The lowest BCUT2D eigenvalue weighted by molar-refractivity contribution is 0.0601. The summed E-state index contributed by atoms with van der Waals surface area (Å²) in [5, 5.41) is 3.20. The number of hydrogen-bond acceptors (Lipinski definition) is 7. The Morgan fingerprint density at radius 2 is 1.84 bits per heavy atom. The zero-order valence-corrected chi connectivity index (χ0v) is 19.5. The molecule has 0 radical (unpaired) electrons. The largest absolute Gasteiger partial charge is 0.495 e. The third kappa shape index (κ3) is 4.91. The van der Waals surface area contributed by atoms with Crippen LogP contribution in [0.1, 0.15) is 57.8 Å². The van der Waals surface area contributed by atoms with Crippen molar-refractivity contribution in [3.63, 3.8) is 0 Å². The number of nitrogens with one attached hydrogen (secondary N) is 2. The smallest absolute Gasteiger partial charge is 0.341 e. The Morgan fingerprint density at radius 3 is 2.48 bits per heavy atom. The minimum absolute atomic E-state index is 0.130. The van der Waals surface area contributed by atoms with Gasteiger partial charge in [0, 0.05) is 16.5 Å². The molecule has 0 atom stereocenters. The molecule has 0 saturated carbocycles. The molecular formula is C21H26N2O6S2. The molecular weight excluding hydrogens is 440 g/mol. The number of carbonyl (C=O) groups is 2. The number of thiophene rings is 1. The van der Waals surface area contributed by atoms with E-state index in [0.717, 1.165) is 36.1 Å². The molecule has 31 heavy (non-hydrogen) atoms. The maximum Gasteiger partial charge on any atom is 0.341 e. The van der Waals surface area contributed by atoms with Crippen molar-refractivity contribution in [1.29, 1.82) is 0 Å². The van der Waals surface area contributed by atoms with Crippen LogP contribution in [0, 0.1) is 0 Å². The summed E-state index contributed by atoms with van der Waals surface area (Å²) in [5.41, 5.74) is 1.45. The average molecular weight is 467 g/mol. The molecule has 0 aliphatic heterocycles. The molecule has 1 heterocycles. The highest BCUT2D eigenvalue weighted by Gasteiger charge is 2.28. The van der Waals surface area contributed by atoms with Crippen molar-refractivity contribution in [2.24, 2.45) is 0 Å². The lowest BCUT2D eigenvalue weighted by Gasteiger charge is -2.14. The van der Waals surface area contributed by atoms with Gasteiger partial charge in [-0.25, -0.2) is 17.9 Å². The quantitative estimate of drug-likeness (QED) is 0.606. The number of aryl methyl sites for hydroxylation is 1. The van der Waals surface area contributed by atoms with E-state index >= 15 is 0 Å². The number of rotatable bonds is 7. The first-order valence-corrected chi connectivity index (χ1v) is 12.2. The van der Waals surface area contributed by atoms with E-state index in [-0.39, 0.29) is 22.3 Å². The Kier molecular flexibility index (Phi) is 7.03. The third-order valence-electron chi connectivity index (χ3n) is 4.89. The minimum Gasteiger partial charge on any atom is -0.495 e. The van der Waals surface area contributed by atoms with Crippen molar-refractivity contribution in [3.05, 3.63) is 39.8 Å². The molecule has 1 aromatic heterocycles. The average Bonchev–Trinajstić information content (AvgIpc) is 3.09. The van der Waals surface area contributed by atoms with Crippen molar-refractivity contribution >= 4 is 38.2 Å². The number of anilines is 1. The fourth-order valence-corrected chi connectivity index (χ4v) is 6.27. The topological polar surface area (TPSA) is 111 Å². The Morgan fingerprint density at radius 1 is 1.13 bits per heavy atom. The molecule has 2 N–H and O–H groups in total. The van der Waals surface area contributed by atoms with Gasteiger partial charge in [0.2, 0.25) is 10.0 Å². The molecule has 1 aliphatic carbocycles. The van der Waals surface area contributed by atoms with Gasteiger partial charge in [-0.1, -0.05) is 0 Å². The lowest BCUT2D eigenvalue weighted by Crippen LogP contribution is -2.30.